The number of hydrogen-bond donors (Lipinski definition) is 0. The summed E-state index contributed by atoms with van der Waals surface area (Å²) in [5, 5.41) is 0.918. The lowest BCUT2D eigenvalue weighted by molar-refractivity contribution is -0.0775. The van der Waals surface area contributed by atoms with Crippen LogP contribution >= 0.6 is 0 Å². The van der Waals surface area contributed by atoms with Crippen LogP contribution in [0, 0.1) is 13.8 Å². The number of aromatic nitrogens is 1. The van der Waals surface area contributed by atoms with Gasteiger partial charge in [-0.05, 0) is 25.0 Å². The standard InChI is InChI=1S/C11H14F2N2O3/c1-6-5-14-9(18-11(12)13)8(7(6)2)10(16)15(3)17-4/h5,11H,1-4H3. The Labute approximate surface area is 103 Å². The van der Waals surface area contributed by atoms with Gasteiger partial charge in [0.05, 0.1) is 7.11 Å². The topological polar surface area (TPSA) is 51.7 Å². The number of pyridine rings is 1. The summed E-state index contributed by atoms with van der Waals surface area (Å²) in [5.41, 5.74) is 1.19. The van der Waals surface area contributed by atoms with E-state index in [-0.39, 0.29) is 5.56 Å². The van der Waals surface area contributed by atoms with Gasteiger partial charge in [0.25, 0.3) is 5.91 Å². The van der Waals surface area contributed by atoms with Gasteiger partial charge >= 0.3 is 6.61 Å². The van der Waals surface area contributed by atoms with E-state index < -0.39 is 18.4 Å². The van der Waals surface area contributed by atoms with Crippen molar-refractivity contribution in [3.8, 4) is 5.88 Å². The third kappa shape index (κ3) is 2.92. The number of hydroxylamine groups is 2. The summed E-state index contributed by atoms with van der Waals surface area (Å²) in [5.74, 6) is -0.996. The molecule has 100 valence electrons. The van der Waals surface area contributed by atoms with Gasteiger partial charge in [-0.25, -0.2) is 10.0 Å². The molecular formula is C11H14F2N2O3. The molecular weight excluding hydrogens is 246 g/mol. The quantitative estimate of drug-likeness (QED) is 0.776. The molecule has 0 radical (unpaired) electrons. The molecule has 1 aromatic heterocycles. The maximum absolute atomic E-state index is 12.3. The van der Waals surface area contributed by atoms with E-state index in [0.29, 0.717) is 11.1 Å². The normalized spacial score (nSPS) is 10.6. The van der Waals surface area contributed by atoms with E-state index in [1.807, 2.05) is 0 Å². The molecule has 5 nitrogen and oxygen atoms in total. The number of carbonyl (C=O) groups excluding carboxylic acids is 1. The van der Waals surface area contributed by atoms with E-state index in [4.69, 9.17) is 4.84 Å². The zero-order chi connectivity index (χ0) is 13.9. The largest absolute Gasteiger partial charge is 0.416 e. The molecule has 7 heteroatoms. The van der Waals surface area contributed by atoms with Crippen molar-refractivity contribution in [1.29, 1.82) is 0 Å². The van der Waals surface area contributed by atoms with Gasteiger partial charge in [0.15, 0.2) is 0 Å². The first-order chi connectivity index (χ1) is 8.38. The Morgan fingerprint density at radius 1 is 1.44 bits per heavy atom. The Morgan fingerprint density at radius 3 is 2.56 bits per heavy atom. The average Bonchev–Trinajstić information content (AvgIpc) is 2.32. The van der Waals surface area contributed by atoms with Crippen LogP contribution in [-0.4, -0.2) is 36.7 Å². The van der Waals surface area contributed by atoms with Gasteiger partial charge in [-0.3, -0.25) is 9.63 Å². The Bertz CT molecular complexity index is 452. The molecule has 1 amide bonds. The number of nitrogens with zero attached hydrogens (tertiary/aromatic N) is 2. The first-order valence-corrected chi connectivity index (χ1v) is 5.11. The van der Waals surface area contributed by atoms with Gasteiger partial charge < -0.3 is 4.74 Å². The molecule has 0 N–H and O–H groups in total. The second kappa shape index (κ2) is 5.72. The summed E-state index contributed by atoms with van der Waals surface area (Å²) in [6, 6.07) is 0. The van der Waals surface area contributed by atoms with Crippen molar-refractivity contribution in [1.82, 2.24) is 10.0 Å². The predicted octanol–water partition coefficient (Wildman–Crippen LogP) is 1.93. The van der Waals surface area contributed by atoms with Gasteiger partial charge in [0.1, 0.15) is 5.56 Å². The molecule has 1 heterocycles. The molecule has 0 bridgehead atoms. The van der Waals surface area contributed by atoms with Gasteiger partial charge in [0.2, 0.25) is 5.88 Å². The van der Waals surface area contributed by atoms with Gasteiger partial charge in [-0.2, -0.15) is 8.78 Å². The van der Waals surface area contributed by atoms with Crippen LogP contribution in [0.15, 0.2) is 6.20 Å². The second-order valence-corrected chi connectivity index (χ2v) is 3.61. The molecule has 0 aliphatic heterocycles. The minimum Gasteiger partial charge on any atom is -0.416 e. The highest BCUT2D eigenvalue weighted by Gasteiger charge is 2.23. The Morgan fingerprint density at radius 2 is 2.06 bits per heavy atom. The third-order valence-electron chi connectivity index (χ3n) is 2.53. The summed E-state index contributed by atoms with van der Waals surface area (Å²) >= 11 is 0. The SMILES string of the molecule is CON(C)C(=O)c1c(OC(F)F)ncc(C)c1C. The van der Waals surface area contributed by atoms with Crippen LogP contribution < -0.4 is 4.74 Å². The van der Waals surface area contributed by atoms with E-state index in [2.05, 4.69) is 9.72 Å². The molecule has 1 aromatic rings. The lowest BCUT2D eigenvalue weighted by Crippen LogP contribution is -2.27. The highest BCUT2D eigenvalue weighted by atomic mass is 19.3. The average molecular weight is 260 g/mol. The van der Waals surface area contributed by atoms with Crippen LogP contribution in [-0.2, 0) is 4.84 Å². The lowest BCUT2D eigenvalue weighted by atomic mass is 10.1. The second-order valence-electron chi connectivity index (χ2n) is 3.61. The van der Waals surface area contributed by atoms with Crippen LogP contribution in [0.1, 0.15) is 21.5 Å². The minimum absolute atomic E-state index is 0.0281. The molecule has 0 unspecified atom stereocenters. The van der Waals surface area contributed by atoms with Crippen LogP contribution in [0.5, 0.6) is 5.88 Å². The van der Waals surface area contributed by atoms with Crippen molar-refractivity contribution in [2.45, 2.75) is 20.5 Å². The van der Waals surface area contributed by atoms with E-state index >= 15 is 0 Å². The maximum atomic E-state index is 12.3. The fourth-order valence-corrected chi connectivity index (χ4v) is 1.34. The highest BCUT2D eigenvalue weighted by Crippen LogP contribution is 2.24. The molecule has 0 aliphatic rings. The highest BCUT2D eigenvalue weighted by molar-refractivity contribution is 5.97. The van der Waals surface area contributed by atoms with Crippen LogP contribution in [0.3, 0.4) is 0 Å². The van der Waals surface area contributed by atoms with Crippen molar-refractivity contribution >= 4 is 5.91 Å². The van der Waals surface area contributed by atoms with Crippen LogP contribution in [0.4, 0.5) is 8.78 Å². The summed E-state index contributed by atoms with van der Waals surface area (Å²) in [6.07, 6.45) is 1.37. The fourth-order valence-electron chi connectivity index (χ4n) is 1.34. The number of carbonyl (C=O) groups is 1. The van der Waals surface area contributed by atoms with Gasteiger partial charge in [0, 0.05) is 13.2 Å². The lowest BCUT2D eigenvalue weighted by Gasteiger charge is -2.18. The molecule has 0 fully saturated rings. The monoisotopic (exact) mass is 260 g/mol. The summed E-state index contributed by atoms with van der Waals surface area (Å²) in [4.78, 5) is 20.4. The van der Waals surface area contributed by atoms with Crippen molar-refractivity contribution in [2.24, 2.45) is 0 Å². The molecule has 1 rings (SSSR count). The molecule has 0 saturated carbocycles. The Hall–Kier alpha value is -1.76. The molecule has 0 aliphatic carbocycles. The first-order valence-electron chi connectivity index (χ1n) is 5.11. The predicted molar refractivity (Wildman–Crippen MR) is 59.4 cm³/mol. The van der Waals surface area contributed by atoms with E-state index in [1.54, 1.807) is 13.8 Å². The Balaban J connectivity index is 3.28. The molecule has 18 heavy (non-hydrogen) atoms. The number of ether oxygens (including phenoxy) is 1. The summed E-state index contributed by atoms with van der Waals surface area (Å²) in [7, 11) is 2.67. The maximum Gasteiger partial charge on any atom is 0.388 e. The summed E-state index contributed by atoms with van der Waals surface area (Å²) < 4.78 is 28.8. The zero-order valence-corrected chi connectivity index (χ0v) is 10.5. The number of hydrogen-bond acceptors (Lipinski definition) is 4. The number of halogens is 2. The molecule has 0 atom stereocenters. The van der Waals surface area contributed by atoms with Crippen molar-refractivity contribution < 1.29 is 23.1 Å². The number of amides is 1. The first kappa shape index (κ1) is 14.3. The number of alkyl halides is 2. The smallest absolute Gasteiger partial charge is 0.388 e. The van der Waals surface area contributed by atoms with Gasteiger partial charge in [-0.15, -0.1) is 0 Å². The fraction of sp³-hybridized carbons (Fsp3) is 0.455. The van der Waals surface area contributed by atoms with Crippen molar-refractivity contribution in [3.63, 3.8) is 0 Å². The molecule has 0 saturated heterocycles. The minimum atomic E-state index is -3.04. The summed E-state index contributed by atoms with van der Waals surface area (Å²) in [6.45, 7) is 0.309. The van der Waals surface area contributed by atoms with Crippen molar-refractivity contribution in [3.05, 3.63) is 22.9 Å². The number of rotatable bonds is 4. The van der Waals surface area contributed by atoms with Gasteiger partial charge in [-0.1, -0.05) is 0 Å². The zero-order valence-electron chi connectivity index (χ0n) is 10.5. The third-order valence-corrected chi connectivity index (χ3v) is 2.53. The molecule has 0 spiro atoms. The van der Waals surface area contributed by atoms with Crippen LogP contribution in [0.2, 0.25) is 0 Å². The van der Waals surface area contributed by atoms with Crippen LogP contribution in [0.25, 0.3) is 0 Å². The van der Waals surface area contributed by atoms with E-state index in [1.165, 1.54) is 20.4 Å². The molecule has 0 aromatic carbocycles. The van der Waals surface area contributed by atoms with Crippen molar-refractivity contribution in [2.75, 3.05) is 14.2 Å². The Kier molecular flexibility index (Phi) is 4.55. The number of aryl methyl sites for hydroxylation is 1. The van der Waals surface area contributed by atoms with E-state index in [0.717, 1.165) is 5.06 Å². The van der Waals surface area contributed by atoms with E-state index in [9.17, 15) is 13.6 Å².